The molecular weight excluding hydrogens is 478 g/mol. The quantitative estimate of drug-likeness (QED) is 0.473. The average Bonchev–Trinajstić information content (AvgIpc) is 2.76. The molecule has 3 aromatic rings. The molecule has 6 nitrogen and oxygen atoms in total. The van der Waals surface area contributed by atoms with E-state index in [4.69, 9.17) is 0 Å². The third-order valence-corrected chi connectivity index (χ3v) is 5.02. The van der Waals surface area contributed by atoms with Crippen LogP contribution in [0.1, 0.15) is 43.5 Å². The number of hydrogen-bond acceptors (Lipinski definition) is 4. The molecule has 184 valence electrons. The zero-order valence-corrected chi connectivity index (χ0v) is 18.5. The second kappa shape index (κ2) is 9.35. The topological polar surface area (TPSA) is 75.2 Å². The number of rotatable bonds is 4. The summed E-state index contributed by atoms with van der Waals surface area (Å²) >= 11 is 0. The molecule has 35 heavy (non-hydrogen) atoms. The molecule has 0 unspecified atom stereocenters. The molecule has 0 aliphatic heterocycles. The lowest BCUT2D eigenvalue weighted by molar-refractivity contribution is -0.142. The van der Waals surface area contributed by atoms with Gasteiger partial charge in [0.1, 0.15) is 11.4 Å². The Balaban J connectivity index is 1.80. The van der Waals surface area contributed by atoms with Gasteiger partial charge in [-0.3, -0.25) is 9.59 Å². The van der Waals surface area contributed by atoms with E-state index in [1.54, 1.807) is 0 Å². The van der Waals surface area contributed by atoms with Crippen LogP contribution in [0.15, 0.2) is 48.5 Å². The van der Waals surface area contributed by atoms with Crippen LogP contribution in [0.3, 0.4) is 0 Å². The number of nitrogens with zero attached hydrogens (tertiary/aromatic N) is 3. The molecule has 0 radical (unpaired) electrons. The summed E-state index contributed by atoms with van der Waals surface area (Å²) in [5, 5.41) is 2.53. The molecule has 0 atom stereocenters. The first-order valence-electron chi connectivity index (χ1n) is 9.97. The minimum Gasteiger partial charge on any atom is -0.322 e. The zero-order valence-electron chi connectivity index (χ0n) is 18.5. The van der Waals surface area contributed by atoms with Gasteiger partial charge in [0.05, 0.1) is 22.5 Å². The van der Waals surface area contributed by atoms with Crippen LogP contribution in [0.25, 0.3) is 0 Å². The molecule has 0 aliphatic rings. The fourth-order valence-corrected chi connectivity index (χ4v) is 3.19. The Labute approximate surface area is 195 Å². The van der Waals surface area contributed by atoms with E-state index in [2.05, 4.69) is 15.3 Å². The van der Waals surface area contributed by atoms with Gasteiger partial charge >= 0.3 is 12.4 Å². The van der Waals surface area contributed by atoms with Crippen molar-refractivity contribution in [1.29, 1.82) is 0 Å². The van der Waals surface area contributed by atoms with E-state index < -0.39 is 35.6 Å². The van der Waals surface area contributed by atoms with Gasteiger partial charge in [-0.15, -0.1) is 0 Å². The summed E-state index contributed by atoms with van der Waals surface area (Å²) in [7, 11) is 1.39. The van der Waals surface area contributed by atoms with E-state index in [-0.39, 0.29) is 28.2 Å². The third-order valence-electron chi connectivity index (χ3n) is 5.02. The molecular formula is C23H18F6N4O2. The van der Waals surface area contributed by atoms with Gasteiger partial charge in [-0.25, -0.2) is 9.97 Å². The summed E-state index contributed by atoms with van der Waals surface area (Å²) in [5.41, 5.74) is -2.05. The Hall–Kier alpha value is -3.96. The predicted octanol–water partition coefficient (Wildman–Crippen LogP) is 5.66. The molecule has 2 heterocycles. The molecule has 1 N–H and O–H groups in total. The third kappa shape index (κ3) is 5.76. The summed E-state index contributed by atoms with van der Waals surface area (Å²) < 4.78 is 76.9. The molecule has 0 saturated carbocycles. The Morgan fingerprint density at radius 1 is 0.800 bits per heavy atom. The van der Waals surface area contributed by atoms with Crippen LogP contribution in [-0.2, 0) is 12.4 Å². The highest BCUT2D eigenvalue weighted by atomic mass is 19.4. The van der Waals surface area contributed by atoms with E-state index in [1.807, 2.05) is 0 Å². The minimum absolute atomic E-state index is 0.0404. The van der Waals surface area contributed by atoms with Crippen molar-refractivity contribution in [3.05, 3.63) is 82.4 Å². The molecule has 0 spiro atoms. The normalized spacial score (nSPS) is 11.8. The smallest absolute Gasteiger partial charge is 0.322 e. The molecule has 2 aromatic heterocycles. The van der Waals surface area contributed by atoms with Crippen molar-refractivity contribution < 1.29 is 35.9 Å². The molecule has 0 bridgehead atoms. The van der Waals surface area contributed by atoms with Crippen LogP contribution in [0.5, 0.6) is 0 Å². The van der Waals surface area contributed by atoms with Crippen LogP contribution < -0.4 is 10.2 Å². The maximum Gasteiger partial charge on any atom is 0.433 e. The van der Waals surface area contributed by atoms with Crippen molar-refractivity contribution in [1.82, 2.24) is 9.97 Å². The fourth-order valence-electron chi connectivity index (χ4n) is 3.19. The van der Waals surface area contributed by atoms with E-state index in [0.29, 0.717) is 17.8 Å². The number of anilines is 2. The number of alkyl halides is 6. The number of aryl methyl sites for hydroxylation is 2. The molecule has 0 fully saturated rings. The number of pyridine rings is 2. The molecule has 1 aromatic carbocycles. The number of benzene rings is 1. The second-order valence-corrected chi connectivity index (χ2v) is 7.52. The minimum atomic E-state index is -4.65. The molecule has 3 rings (SSSR count). The summed E-state index contributed by atoms with van der Waals surface area (Å²) in [6.07, 6.45) is -9.29. The van der Waals surface area contributed by atoms with Crippen LogP contribution in [0.2, 0.25) is 0 Å². The van der Waals surface area contributed by atoms with Gasteiger partial charge in [-0.1, -0.05) is 6.07 Å². The lowest BCUT2D eigenvalue weighted by atomic mass is 10.1. The van der Waals surface area contributed by atoms with Crippen molar-refractivity contribution in [2.45, 2.75) is 26.2 Å². The van der Waals surface area contributed by atoms with Crippen LogP contribution in [-0.4, -0.2) is 28.8 Å². The van der Waals surface area contributed by atoms with Crippen molar-refractivity contribution in [2.24, 2.45) is 0 Å². The first-order valence-corrected chi connectivity index (χ1v) is 9.97. The van der Waals surface area contributed by atoms with Gasteiger partial charge in [0.15, 0.2) is 0 Å². The molecule has 12 heteroatoms. The highest BCUT2D eigenvalue weighted by Crippen LogP contribution is 2.30. The van der Waals surface area contributed by atoms with Crippen LogP contribution >= 0.6 is 0 Å². The first-order chi connectivity index (χ1) is 16.2. The van der Waals surface area contributed by atoms with E-state index >= 15 is 0 Å². The van der Waals surface area contributed by atoms with Crippen LogP contribution in [0.4, 0.5) is 37.7 Å². The Morgan fingerprint density at radius 3 is 1.80 bits per heavy atom. The number of halogens is 6. The Bertz CT molecular complexity index is 1290. The highest BCUT2D eigenvalue weighted by molar-refractivity contribution is 6.08. The standard InChI is InChI=1S/C23H18F6N4O2/c1-12-16(7-9-18(30-12)22(24,25)26)20(34)32-14-5-4-6-15(11-14)33(3)21(35)17-8-10-19(23(27,28)29)31-13(17)2/h4-11H,1-3H3,(H,32,34). The van der Waals surface area contributed by atoms with Crippen molar-refractivity contribution in [3.63, 3.8) is 0 Å². The van der Waals surface area contributed by atoms with Gasteiger partial charge < -0.3 is 10.2 Å². The lowest BCUT2D eigenvalue weighted by Gasteiger charge is -2.20. The fraction of sp³-hybridized carbons (Fsp3) is 0.217. The van der Waals surface area contributed by atoms with Gasteiger partial charge in [-0.2, -0.15) is 26.3 Å². The highest BCUT2D eigenvalue weighted by Gasteiger charge is 2.34. The number of amides is 2. The van der Waals surface area contributed by atoms with Gasteiger partial charge in [0, 0.05) is 18.4 Å². The maximum absolute atomic E-state index is 12.9. The largest absolute Gasteiger partial charge is 0.433 e. The monoisotopic (exact) mass is 496 g/mol. The van der Waals surface area contributed by atoms with Gasteiger partial charge in [0.25, 0.3) is 11.8 Å². The van der Waals surface area contributed by atoms with Crippen LogP contribution in [0, 0.1) is 13.8 Å². The van der Waals surface area contributed by atoms with Crippen molar-refractivity contribution in [3.8, 4) is 0 Å². The van der Waals surface area contributed by atoms with E-state index in [9.17, 15) is 35.9 Å². The summed E-state index contributed by atoms with van der Waals surface area (Å²) in [6.45, 7) is 2.56. The molecule has 2 amide bonds. The zero-order chi connectivity index (χ0) is 26.1. The number of hydrogen-bond donors (Lipinski definition) is 1. The SMILES string of the molecule is Cc1nc(C(F)(F)F)ccc1C(=O)Nc1cccc(N(C)C(=O)c2ccc(C(F)(F)F)nc2C)c1. The summed E-state index contributed by atoms with van der Waals surface area (Å²) in [4.78, 5) is 33.5. The molecule has 0 saturated heterocycles. The lowest BCUT2D eigenvalue weighted by Crippen LogP contribution is -2.27. The Kier molecular flexibility index (Phi) is 6.86. The summed E-state index contributed by atoms with van der Waals surface area (Å²) in [6, 6.07) is 9.44. The van der Waals surface area contributed by atoms with Gasteiger partial charge in [-0.05, 0) is 56.3 Å². The van der Waals surface area contributed by atoms with Gasteiger partial charge in [0.2, 0.25) is 0 Å². The number of aromatic nitrogens is 2. The second-order valence-electron chi connectivity index (χ2n) is 7.52. The van der Waals surface area contributed by atoms with E-state index in [1.165, 1.54) is 45.2 Å². The maximum atomic E-state index is 12.9. The summed E-state index contributed by atoms with van der Waals surface area (Å²) in [5.74, 6) is -1.34. The number of carbonyl (C=O) groups excluding carboxylic acids is 2. The number of nitrogens with one attached hydrogen (secondary N) is 1. The molecule has 0 aliphatic carbocycles. The predicted molar refractivity (Wildman–Crippen MR) is 115 cm³/mol. The van der Waals surface area contributed by atoms with Crippen molar-refractivity contribution >= 4 is 23.2 Å². The average molecular weight is 496 g/mol. The number of carbonyl (C=O) groups is 2. The van der Waals surface area contributed by atoms with E-state index in [0.717, 1.165) is 17.0 Å². The first kappa shape index (κ1) is 25.7. The Morgan fingerprint density at radius 2 is 1.31 bits per heavy atom. The van der Waals surface area contributed by atoms with Crippen molar-refractivity contribution in [2.75, 3.05) is 17.3 Å².